The summed E-state index contributed by atoms with van der Waals surface area (Å²) in [6.45, 7) is 13.6. The summed E-state index contributed by atoms with van der Waals surface area (Å²) >= 11 is 1.99. The number of rotatable bonds is 2. The van der Waals surface area contributed by atoms with Crippen LogP contribution in [0.4, 0.5) is 0 Å². The molecule has 0 fully saturated rings. The average Bonchev–Trinajstić information content (AvgIpc) is 1.62. The summed E-state index contributed by atoms with van der Waals surface area (Å²) in [6.07, 6.45) is 0. The van der Waals surface area contributed by atoms with Gasteiger partial charge >= 0.3 is 74.5 Å². The number of hydrogen-bond donors (Lipinski definition) is 0. The summed E-state index contributed by atoms with van der Waals surface area (Å²) < 4.78 is 0. The molecule has 62 valence electrons. The molecule has 0 aromatic heterocycles. The first-order valence-electron chi connectivity index (χ1n) is 3.98. The van der Waals surface area contributed by atoms with Gasteiger partial charge in [0.25, 0.3) is 0 Å². The van der Waals surface area contributed by atoms with Crippen molar-refractivity contribution in [3.63, 3.8) is 0 Å². The minimum absolute atomic E-state index is 0.604. The van der Waals surface area contributed by atoms with Gasteiger partial charge in [-0.15, -0.1) is 0 Å². The molecule has 0 amide bonds. The van der Waals surface area contributed by atoms with E-state index in [0.29, 0.717) is 5.04 Å². The van der Waals surface area contributed by atoms with Crippen molar-refractivity contribution in [3.8, 4) is 0 Å². The van der Waals surface area contributed by atoms with Gasteiger partial charge in [-0.25, -0.2) is 0 Å². The number of hydrogen-bond acceptors (Lipinski definition) is 0. The Labute approximate surface area is 74.7 Å². The molecule has 0 aromatic rings. The van der Waals surface area contributed by atoms with Crippen molar-refractivity contribution in [1.29, 1.82) is 0 Å². The van der Waals surface area contributed by atoms with E-state index in [1.165, 1.54) is 0 Å². The summed E-state index contributed by atoms with van der Waals surface area (Å²) in [5.41, 5.74) is 0. The van der Waals surface area contributed by atoms with Crippen LogP contribution in [0.5, 0.6) is 0 Å². The molecule has 0 aliphatic carbocycles. The molecule has 1 unspecified atom stereocenters. The average molecular weight is 220 g/mol. The SMILES string of the molecule is CC(C)C(C)(C)[Si](C)(C)[AsH2]. The fourth-order valence-corrected chi connectivity index (χ4v) is 4.33. The van der Waals surface area contributed by atoms with Crippen molar-refractivity contribution >= 4 is 22.7 Å². The van der Waals surface area contributed by atoms with Gasteiger partial charge in [-0.2, -0.15) is 0 Å². The molecule has 0 saturated carbocycles. The molecule has 10 heavy (non-hydrogen) atoms. The zero-order valence-corrected chi connectivity index (χ0v) is 11.6. The van der Waals surface area contributed by atoms with Gasteiger partial charge in [0.15, 0.2) is 0 Å². The van der Waals surface area contributed by atoms with Crippen molar-refractivity contribution in [2.75, 3.05) is 0 Å². The zero-order valence-electron chi connectivity index (χ0n) is 8.15. The minimum atomic E-state index is -0.885. The molecule has 1 atom stereocenters. The topological polar surface area (TPSA) is 0 Å². The van der Waals surface area contributed by atoms with E-state index in [4.69, 9.17) is 0 Å². The fraction of sp³-hybridized carbons (Fsp3) is 1.00. The molecule has 2 heteroatoms. The van der Waals surface area contributed by atoms with Crippen LogP contribution in [-0.4, -0.2) is 22.7 Å². The molecule has 0 spiro atoms. The summed E-state index contributed by atoms with van der Waals surface area (Å²) in [4.78, 5) is 0. The van der Waals surface area contributed by atoms with E-state index in [9.17, 15) is 0 Å². The second-order valence-electron chi connectivity index (χ2n) is 4.60. The molecule has 0 bridgehead atoms. The molecule has 0 rings (SSSR count). The monoisotopic (exact) mass is 220 g/mol. The van der Waals surface area contributed by atoms with Crippen LogP contribution in [0, 0.1) is 5.92 Å². The second-order valence-corrected chi connectivity index (χ2v) is 18.4. The Morgan fingerprint density at radius 2 is 1.50 bits per heavy atom. The Morgan fingerprint density at radius 3 is 1.50 bits per heavy atom. The second kappa shape index (κ2) is 3.02. The third-order valence-electron chi connectivity index (χ3n) is 3.10. The molecule has 0 N–H and O–H groups in total. The quantitative estimate of drug-likeness (QED) is 0.626. The van der Waals surface area contributed by atoms with E-state index in [1.54, 1.807) is 0 Å². The van der Waals surface area contributed by atoms with Crippen molar-refractivity contribution in [2.24, 2.45) is 5.92 Å². The molecule has 0 heterocycles. The van der Waals surface area contributed by atoms with Crippen LogP contribution in [0.1, 0.15) is 27.7 Å². The fourth-order valence-electron chi connectivity index (χ4n) is 0.744. The van der Waals surface area contributed by atoms with Crippen molar-refractivity contribution in [3.05, 3.63) is 0 Å². The zero-order chi connectivity index (χ0) is 8.58. The maximum atomic E-state index is 2.48. The van der Waals surface area contributed by atoms with Crippen LogP contribution in [0.25, 0.3) is 0 Å². The van der Waals surface area contributed by atoms with Crippen LogP contribution in [0.3, 0.4) is 0 Å². The van der Waals surface area contributed by atoms with Gasteiger partial charge in [-0.1, -0.05) is 0 Å². The van der Waals surface area contributed by atoms with Gasteiger partial charge in [0, 0.05) is 0 Å². The summed E-state index contributed by atoms with van der Waals surface area (Å²) in [7, 11) is 0. The molecule has 0 radical (unpaired) electrons. The van der Waals surface area contributed by atoms with E-state index in [-0.39, 0.29) is 0 Å². The van der Waals surface area contributed by atoms with E-state index in [2.05, 4.69) is 40.8 Å². The van der Waals surface area contributed by atoms with Crippen molar-refractivity contribution < 1.29 is 0 Å². The van der Waals surface area contributed by atoms with Gasteiger partial charge in [0.2, 0.25) is 0 Å². The van der Waals surface area contributed by atoms with Gasteiger partial charge < -0.3 is 0 Å². The van der Waals surface area contributed by atoms with Crippen LogP contribution in [0.2, 0.25) is 18.1 Å². The Hall–Kier alpha value is 0.775. The van der Waals surface area contributed by atoms with Crippen LogP contribution in [0.15, 0.2) is 0 Å². The predicted molar refractivity (Wildman–Crippen MR) is 54.9 cm³/mol. The molecule has 0 nitrogen and oxygen atoms in total. The summed E-state index contributed by atoms with van der Waals surface area (Å²) in [5.74, 6) is 0.834. The van der Waals surface area contributed by atoms with Crippen molar-refractivity contribution in [2.45, 2.75) is 45.8 Å². The van der Waals surface area contributed by atoms with Crippen LogP contribution in [-0.2, 0) is 0 Å². The Bertz CT molecular complexity index is 111. The standard InChI is InChI=1S/C8H21AsSi/c1-7(2)8(3,4)10(5,6)9/h7H,9H2,1-6H3. The molecule has 0 aliphatic heterocycles. The van der Waals surface area contributed by atoms with E-state index < -0.39 is 6.54 Å². The maximum absolute atomic E-state index is 2.48. The van der Waals surface area contributed by atoms with Crippen molar-refractivity contribution in [1.82, 2.24) is 0 Å². The first kappa shape index (κ1) is 10.8. The Kier molecular flexibility index (Phi) is 3.26. The summed E-state index contributed by atoms with van der Waals surface area (Å²) in [6, 6.07) is 0. The predicted octanol–water partition coefficient (Wildman–Crippen LogP) is 2.26. The molecular formula is C8H21AsSi. The molecule has 0 aliphatic rings. The van der Waals surface area contributed by atoms with Crippen LogP contribution < -0.4 is 0 Å². The van der Waals surface area contributed by atoms with Gasteiger partial charge in [-0.05, 0) is 0 Å². The van der Waals surface area contributed by atoms with Gasteiger partial charge in [0.1, 0.15) is 0 Å². The third-order valence-corrected chi connectivity index (χ3v) is 11.7. The molecular weight excluding hydrogens is 199 g/mol. The van der Waals surface area contributed by atoms with Gasteiger partial charge in [-0.3, -0.25) is 0 Å². The van der Waals surface area contributed by atoms with E-state index in [1.807, 2.05) is 16.2 Å². The van der Waals surface area contributed by atoms with E-state index in [0.717, 1.165) is 5.92 Å². The first-order valence-corrected chi connectivity index (χ1v) is 10.7. The Balaban J connectivity index is 4.40. The van der Waals surface area contributed by atoms with Crippen LogP contribution >= 0.6 is 0 Å². The molecule has 0 aromatic carbocycles. The van der Waals surface area contributed by atoms with E-state index >= 15 is 0 Å². The van der Waals surface area contributed by atoms with Gasteiger partial charge in [0.05, 0.1) is 0 Å². The molecule has 0 saturated heterocycles. The summed E-state index contributed by atoms with van der Waals surface area (Å²) in [5, 5.41) is 0.604. The normalized spacial score (nSPS) is 14.4. The Morgan fingerprint density at radius 1 is 1.20 bits per heavy atom. The first-order chi connectivity index (χ1) is 4.19. The third kappa shape index (κ3) is 2.13.